The highest BCUT2D eigenvalue weighted by Gasteiger charge is 2.04. The third-order valence-electron chi connectivity index (χ3n) is 2.24. The van der Waals surface area contributed by atoms with Crippen molar-refractivity contribution >= 4 is 12.0 Å². The van der Waals surface area contributed by atoms with Gasteiger partial charge in [-0.05, 0) is 30.7 Å². The molecule has 0 radical (unpaired) electrons. The fourth-order valence-electron chi connectivity index (χ4n) is 1.41. The van der Waals surface area contributed by atoms with E-state index in [1.54, 1.807) is 38.3 Å². The molecule has 0 amide bonds. The van der Waals surface area contributed by atoms with Gasteiger partial charge in [0, 0.05) is 6.08 Å². The van der Waals surface area contributed by atoms with E-state index in [-0.39, 0.29) is 5.97 Å². The van der Waals surface area contributed by atoms with Gasteiger partial charge < -0.3 is 14.2 Å². The molecule has 1 rings (SSSR count). The minimum absolute atomic E-state index is 0.362. The van der Waals surface area contributed by atoms with Crippen molar-refractivity contribution in [2.24, 2.45) is 0 Å². The summed E-state index contributed by atoms with van der Waals surface area (Å²) in [7, 11) is 1.56. The molecular formula is C15H18O4. The van der Waals surface area contributed by atoms with E-state index < -0.39 is 0 Å². The normalized spacial score (nSPS) is 10.2. The smallest absolute Gasteiger partial charge is 0.330 e. The molecule has 0 fully saturated rings. The van der Waals surface area contributed by atoms with Crippen LogP contribution >= 0.6 is 0 Å². The molecule has 0 saturated carbocycles. The SMILES string of the molecule is C=CCOc1ccc(/C=C/C(=O)OCC)cc1OC. The predicted octanol–water partition coefficient (Wildman–Crippen LogP) is 2.84. The Balaban J connectivity index is 2.81. The number of benzene rings is 1. The Morgan fingerprint density at radius 2 is 2.16 bits per heavy atom. The van der Waals surface area contributed by atoms with Gasteiger partial charge in [-0.2, -0.15) is 0 Å². The molecule has 0 N–H and O–H groups in total. The van der Waals surface area contributed by atoms with E-state index in [1.165, 1.54) is 6.08 Å². The van der Waals surface area contributed by atoms with E-state index in [0.29, 0.717) is 24.7 Å². The Morgan fingerprint density at radius 1 is 1.37 bits per heavy atom. The molecule has 0 aliphatic rings. The maximum Gasteiger partial charge on any atom is 0.330 e. The zero-order chi connectivity index (χ0) is 14.1. The number of carbonyl (C=O) groups is 1. The summed E-state index contributed by atoms with van der Waals surface area (Å²) < 4.78 is 15.5. The van der Waals surface area contributed by atoms with Crippen LogP contribution in [0.25, 0.3) is 6.08 Å². The van der Waals surface area contributed by atoms with Gasteiger partial charge in [-0.15, -0.1) is 0 Å². The van der Waals surface area contributed by atoms with Crippen molar-refractivity contribution in [2.75, 3.05) is 20.3 Å². The van der Waals surface area contributed by atoms with Crippen LogP contribution in [0.3, 0.4) is 0 Å². The number of methoxy groups -OCH3 is 1. The summed E-state index contributed by atoms with van der Waals surface area (Å²) in [6.07, 6.45) is 4.70. The first-order valence-electron chi connectivity index (χ1n) is 5.97. The fraction of sp³-hybridized carbons (Fsp3) is 0.267. The van der Waals surface area contributed by atoms with Crippen molar-refractivity contribution in [1.29, 1.82) is 0 Å². The lowest BCUT2D eigenvalue weighted by atomic mass is 10.2. The number of hydrogen-bond acceptors (Lipinski definition) is 4. The molecule has 0 heterocycles. The number of hydrogen-bond donors (Lipinski definition) is 0. The molecule has 102 valence electrons. The summed E-state index contributed by atoms with van der Waals surface area (Å²) in [5.74, 6) is 0.872. The van der Waals surface area contributed by atoms with Crippen LogP contribution in [0.2, 0.25) is 0 Å². The van der Waals surface area contributed by atoms with E-state index in [1.807, 2.05) is 6.07 Å². The molecule has 1 aromatic rings. The number of ether oxygens (including phenoxy) is 3. The van der Waals surface area contributed by atoms with Crippen molar-refractivity contribution in [3.63, 3.8) is 0 Å². The van der Waals surface area contributed by atoms with Gasteiger partial charge in [-0.1, -0.05) is 18.7 Å². The van der Waals surface area contributed by atoms with Gasteiger partial charge in [-0.3, -0.25) is 0 Å². The van der Waals surface area contributed by atoms with Crippen LogP contribution < -0.4 is 9.47 Å². The zero-order valence-electron chi connectivity index (χ0n) is 11.2. The average molecular weight is 262 g/mol. The van der Waals surface area contributed by atoms with Crippen LogP contribution in [0.5, 0.6) is 11.5 Å². The van der Waals surface area contributed by atoms with Crippen LogP contribution in [0.15, 0.2) is 36.9 Å². The minimum Gasteiger partial charge on any atom is -0.493 e. The van der Waals surface area contributed by atoms with E-state index in [4.69, 9.17) is 14.2 Å². The molecular weight excluding hydrogens is 244 g/mol. The third-order valence-corrected chi connectivity index (χ3v) is 2.24. The average Bonchev–Trinajstić information content (AvgIpc) is 2.43. The predicted molar refractivity (Wildman–Crippen MR) is 74.4 cm³/mol. The topological polar surface area (TPSA) is 44.8 Å². The lowest BCUT2D eigenvalue weighted by molar-refractivity contribution is -0.137. The van der Waals surface area contributed by atoms with E-state index in [0.717, 1.165) is 5.56 Å². The van der Waals surface area contributed by atoms with Gasteiger partial charge in [-0.25, -0.2) is 4.79 Å². The van der Waals surface area contributed by atoms with Gasteiger partial charge >= 0.3 is 5.97 Å². The summed E-state index contributed by atoms with van der Waals surface area (Å²) in [5, 5.41) is 0. The van der Waals surface area contributed by atoms with Crippen LogP contribution in [0.4, 0.5) is 0 Å². The van der Waals surface area contributed by atoms with E-state index in [2.05, 4.69) is 6.58 Å². The number of rotatable bonds is 7. The second kappa shape index (κ2) is 7.97. The second-order valence-corrected chi connectivity index (χ2v) is 3.60. The molecule has 1 aromatic carbocycles. The quantitative estimate of drug-likeness (QED) is 0.430. The molecule has 19 heavy (non-hydrogen) atoms. The lowest BCUT2D eigenvalue weighted by Gasteiger charge is -2.09. The molecule has 0 aliphatic heterocycles. The molecule has 4 heteroatoms. The molecule has 0 aliphatic carbocycles. The molecule has 0 aromatic heterocycles. The minimum atomic E-state index is -0.367. The van der Waals surface area contributed by atoms with Crippen molar-refractivity contribution < 1.29 is 19.0 Å². The molecule has 0 bridgehead atoms. The Morgan fingerprint density at radius 3 is 2.79 bits per heavy atom. The van der Waals surface area contributed by atoms with Gasteiger partial charge in [0.05, 0.1) is 13.7 Å². The van der Waals surface area contributed by atoms with Crippen molar-refractivity contribution in [2.45, 2.75) is 6.92 Å². The zero-order valence-corrected chi connectivity index (χ0v) is 11.2. The van der Waals surface area contributed by atoms with E-state index >= 15 is 0 Å². The maximum absolute atomic E-state index is 11.2. The molecule has 4 nitrogen and oxygen atoms in total. The standard InChI is InChI=1S/C15H18O4/c1-4-10-19-13-8-6-12(11-14(13)17-3)7-9-15(16)18-5-2/h4,6-9,11H,1,5,10H2,2-3H3/b9-7+. The summed E-state index contributed by atoms with van der Waals surface area (Å²) in [4.78, 5) is 11.2. The van der Waals surface area contributed by atoms with Gasteiger partial charge in [0.2, 0.25) is 0 Å². The lowest BCUT2D eigenvalue weighted by Crippen LogP contribution is -1.99. The largest absolute Gasteiger partial charge is 0.493 e. The van der Waals surface area contributed by atoms with Gasteiger partial charge in [0.1, 0.15) is 6.61 Å². The Kier molecular flexibility index (Phi) is 6.22. The summed E-state index contributed by atoms with van der Waals surface area (Å²) in [5.41, 5.74) is 0.829. The fourth-order valence-corrected chi connectivity index (χ4v) is 1.41. The summed E-state index contributed by atoms with van der Waals surface area (Å²) in [6, 6.07) is 5.40. The van der Waals surface area contributed by atoms with Crippen LogP contribution in [0, 0.1) is 0 Å². The summed E-state index contributed by atoms with van der Waals surface area (Å²) >= 11 is 0. The maximum atomic E-state index is 11.2. The van der Waals surface area contributed by atoms with Crippen molar-refractivity contribution in [3.05, 3.63) is 42.5 Å². The second-order valence-electron chi connectivity index (χ2n) is 3.60. The highest BCUT2D eigenvalue weighted by Crippen LogP contribution is 2.28. The Hall–Kier alpha value is -2.23. The molecule has 0 spiro atoms. The number of esters is 1. The van der Waals surface area contributed by atoms with E-state index in [9.17, 15) is 4.79 Å². The summed E-state index contributed by atoms with van der Waals surface area (Å²) in [6.45, 7) is 6.12. The first-order chi connectivity index (χ1) is 9.21. The highest BCUT2D eigenvalue weighted by atomic mass is 16.5. The Labute approximate surface area is 113 Å². The molecule has 0 atom stereocenters. The van der Waals surface area contributed by atoms with Gasteiger partial charge in [0.25, 0.3) is 0 Å². The van der Waals surface area contributed by atoms with Crippen LogP contribution in [0.1, 0.15) is 12.5 Å². The third kappa shape index (κ3) is 4.87. The highest BCUT2D eigenvalue weighted by molar-refractivity contribution is 5.87. The van der Waals surface area contributed by atoms with Crippen molar-refractivity contribution in [3.8, 4) is 11.5 Å². The molecule has 0 saturated heterocycles. The number of carbonyl (C=O) groups excluding carboxylic acids is 1. The van der Waals surface area contributed by atoms with Gasteiger partial charge in [0.15, 0.2) is 11.5 Å². The van der Waals surface area contributed by atoms with Crippen LogP contribution in [-0.2, 0) is 9.53 Å². The van der Waals surface area contributed by atoms with Crippen LogP contribution in [-0.4, -0.2) is 26.3 Å². The monoisotopic (exact) mass is 262 g/mol. The first kappa shape index (κ1) is 14.8. The Bertz CT molecular complexity index is 463. The van der Waals surface area contributed by atoms with Crippen molar-refractivity contribution in [1.82, 2.24) is 0 Å². The first-order valence-corrected chi connectivity index (χ1v) is 5.97. The molecule has 0 unspecified atom stereocenters.